The Bertz CT molecular complexity index is 531. The molecule has 1 aromatic rings. The molecule has 0 aliphatic rings. The third kappa shape index (κ3) is 5.74. The van der Waals surface area contributed by atoms with E-state index in [1.807, 2.05) is 37.3 Å². The molecule has 5 nitrogen and oxygen atoms in total. The molecule has 0 saturated heterocycles. The second kappa shape index (κ2) is 7.35. The fourth-order valence-electron chi connectivity index (χ4n) is 2.38. The lowest BCUT2D eigenvalue weighted by molar-refractivity contribution is 0.331. The molecular weight excluding hydrogens is 286 g/mol. The van der Waals surface area contributed by atoms with Crippen LogP contribution in [0.1, 0.15) is 32.8 Å². The maximum atomic E-state index is 12.5. The van der Waals surface area contributed by atoms with Gasteiger partial charge >= 0.3 is 0 Å². The third-order valence-electron chi connectivity index (χ3n) is 3.34. The average Bonchev–Trinajstić information content (AvgIpc) is 2.38. The first-order chi connectivity index (χ1) is 9.68. The van der Waals surface area contributed by atoms with Gasteiger partial charge in [0.25, 0.3) is 10.2 Å². The maximum absolute atomic E-state index is 12.5. The molecule has 21 heavy (non-hydrogen) atoms. The zero-order valence-corrected chi connectivity index (χ0v) is 14.2. The van der Waals surface area contributed by atoms with Crippen LogP contribution in [-0.4, -0.2) is 31.9 Å². The second-order valence-corrected chi connectivity index (χ2v) is 7.99. The van der Waals surface area contributed by atoms with E-state index in [0.717, 1.165) is 5.56 Å². The van der Waals surface area contributed by atoms with Crippen molar-refractivity contribution in [3.05, 3.63) is 35.9 Å². The molecule has 120 valence electrons. The van der Waals surface area contributed by atoms with Crippen molar-refractivity contribution in [3.63, 3.8) is 0 Å². The molecule has 0 bridgehead atoms. The second-order valence-electron chi connectivity index (χ2n) is 6.21. The Morgan fingerprint density at radius 1 is 1.29 bits per heavy atom. The first-order valence-electron chi connectivity index (χ1n) is 7.18. The van der Waals surface area contributed by atoms with Gasteiger partial charge in [0.15, 0.2) is 0 Å². The van der Waals surface area contributed by atoms with Gasteiger partial charge in [-0.05, 0) is 24.8 Å². The van der Waals surface area contributed by atoms with Crippen molar-refractivity contribution < 1.29 is 8.42 Å². The highest BCUT2D eigenvalue weighted by atomic mass is 32.2. The Morgan fingerprint density at radius 3 is 2.33 bits per heavy atom. The van der Waals surface area contributed by atoms with E-state index in [0.29, 0.717) is 18.9 Å². The smallest absolute Gasteiger partial charge is 0.280 e. The fourth-order valence-corrected chi connectivity index (χ4v) is 3.65. The lowest BCUT2D eigenvalue weighted by atomic mass is 9.92. The lowest BCUT2D eigenvalue weighted by Crippen LogP contribution is -2.55. The molecule has 1 aromatic carbocycles. The van der Waals surface area contributed by atoms with Crippen molar-refractivity contribution in [2.45, 2.75) is 39.3 Å². The topological polar surface area (TPSA) is 75.4 Å². The summed E-state index contributed by atoms with van der Waals surface area (Å²) in [7, 11) is -2.00. The Labute approximate surface area is 128 Å². The van der Waals surface area contributed by atoms with Crippen LogP contribution >= 0.6 is 0 Å². The molecule has 0 aromatic heterocycles. The Hall–Kier alpha value is -0.950. The van der Waals surface area contributed by atoms with Gasteiger partial charge in [-0.15, -0.1) is 0 Å². The van der Waals surface area contributed by atoms with Gasteiger partial charge < -0.3 is 5.73 Å². The van der Waals surface area contributed by atoms with Gasteiger partial charge in [0.05, 0.1) is 0 Å². The minimum absolute atomic E-state index is 0.267. The summed E-state index contributed by atoms with van der Waals surface area (Å²) in [6.45, 7) is 6.55. The predicted molar refractivity (Wildman–Crippen MR) is 86.9 cm³/mol. The van der Waals surface area contributed by atoms with Crippen LogP contribution in [0.5, 0.6) is 0 Å². The van der Waals surface area contributed by atoms with E-state index >= 15 is 0 Å². The molecule has 1 rings (SSSR count). The van der Waals surface area contributed by atoms with E-state index in [4.69, 9.17) is 5.73 Å². The van der Waals surface area contributed by atoms with Crippen LogP contribution in [0.3, 0.4) is 0 Å². The Balaban J connectivity index is 2.80. The van der Waals surface area contributed by atoms with Crippen molar-refractivity contribution in [1.29, 1.82) is 0 Å². The van der Waals surface area contributed by atoms with E-state index in [9.17, 15) is 8.42 Å². The van der Waals surface area contributed by atoms with Crippen molar-refractivity contribution >= 4 is 10.2 Å². The van der Waals surface area contributed by atoms with Crippen LogP contribution in [0.15, 0.2) is 30.3 Å². The van der Waals surface area contributed by atoms with E-state index in [-0.39, 0.29) is 6.54 Å². The van der Waals surface area contributed by atoms with Crippen LogP contribution in [-0.2, 0) is 16.8 Å². The number of benzene rings is 1. The van der Waals surface area contributed by atoms with Crippen LogP contribution < -0.4 is 10.5 Å². The largest absolute Gasteiger partial charge is 0.329 e. The van der Waals surface area contributed by atoms with Crippen molar-refractivity contribution in [2.24, 2.45) is 11.7 Å². The highest BCUT2D eigenvalue weighted by Gasteiger charge is 2.31. The number of hydrogen-bond donors (Lipinski definition) is 2. The number of nitrogens with two attached hydrogens (primary N) is 1. The summed E-state index contributed by atoms with van der Waals surface area (Å²) in [6, 6.07) is 9.51. The monoisotopic (exact) mass is 313 g/mol. The van der Waals surface area contributed by atoms with Gasteiger partial charge in [-0.2, -0.15) is 17.4 Å². The molecule has 0 heterocycles. The van der Waals surface area contributed by atoms with E-state index in [1.165, 1.54) is 4.31 Å². The Morgan fingerprint density at radius 2 is 1.86 bits per heavy atom. The summed E-state index contributed by atoms with van der Waals surface area (Å²) in [5.74, 6) is 0.362. The molecule has 0 amide bonds. The molecule has 0 spiro atoms. The van der Waals surface area contributed by atoms with Crippen LogP contribution in [0.2, 0.25) is 0 Å². The highest BCUT2D eigenvalue weighted by Crippen LogP contribution is 2.18. The lowest BCUT2D eigenvalue weighted by Gasteiger charge is -2.32. The van der Waals surface area contributed by atoms with Gasteiger partial charge in [-0.3, -0.25) is 0 Å². The zero-order chi connectivity index (χ0) is 16.1. The predicted octanol–water partition coefficient (Wildman–Crippen LogP) is 1.72. The highest BCUT2D eigenvalue weighted by molar-refractivity contribution is 7.87. The number of nitrogens with zero attached hydrogens (tertiary/aromatic N) is 1. The number of nitrogens with one attached hydrogen (secondary N) is 1. The fraction of sp³-hybridized carbons (Fsp3) is 0.600. The molecule has 0 aliphatic carbocycles. The van der Waals surface area contributed by atoms with Gasteiger partial charge in [0, 0.05) is 25.7 Å². The average molecular weight is 313 g/mol. The summed E-state index contributed by atoms with van der Waals surface area (Å²) in [5, 5.41) is 0. The SMILES string of the molecule is CC(C)CC(C)(CN)NS(=O)(=O)N(C)Cc1ccccc1. The quantitative estimate of drug-likeness (QED) is 0.767. The standard InChI is InChI=1S/C15H27N3O2S/c1-13(2)10-15(3,12-16)17-21(19,20)18(4)11-14-8-6-5-7-9-14/h5-9,13,17H,10-12,16H2,1-4H3. The van der Waals surface area contributed by atoms with Crippen LogP contribution in [0, 0.1) is 5.92 Å². The summed E-state index contributed by atoms with van der Waals surface area (Å²) in [5.41, 5.74) is 6.09. The van der Waals surface area contributed by atoms with Gasteiger partial charge in [-0.1, -0.05) is 44.2 Å². The molecule has 3 N–H and O–H groups in total. The maximum Gasteiger partial charge on any atom is 0.280 e. The first-order valence-corrected chi connectivity index (χ1v) is 8.62. The molecule has 0 fully saturated rings. The number of hydrogen-bond acceptors (Lipinski definition) is 3. The molecule has 1 unspecified atom stereocenters. The number of rotatable bonds is 8. The van der Waals surface area contributed by atoms with Gasteiger partial charge in [0.1, 0.15) is 0 Å². The van der Waals surface area contributed by atoms with Crippen LogP contribution in [0.4, 0.5) is 0 Å². The molecular formula is C15H27N3O2S. The minimum atomic E-state index is -3.57. The zero-order valence-electron chi connectivity index (χ0n) is 13.3. The molecule has 0 saturated carbocycles. The van der Waals surface area contributed by atoms with E-state index < -0.39 is 15.7 Å². The summed E-state index contributed by atoms with van der Waals surface area (Å²) < 4.78 is 29.0. The summed E-state index contributed by atoms with van der Waals surface area (Å²) >= 11 is 0. The van der Waals surface area contributed by atoms with Crippen molar-refractivity contribution in [1.82, 2.24) is 9.03 Å². The normalized spacial score (nSPS) is 15.4. The van der Waals surface area contributed by atoms with Gasteiger partial charge in [-0.25, -0.2) is 0 Å². The van der Waals surface area contributed by atoms with E-state index in [1.54, 1.807) is 7.05 Å². The van der Waals surface area contributed by atoms with Crippen molar-refractivity contribution in [3.8, 4) is 0 Å². The molecule has 0 radical (unpaired) electrons. The molecule has 0 aliphatic heterocycles. The van der Waals surface area contributed by atoms with Crippen molar-refractivity contribution in [2.75, 3.05) is 13.6 Å². The molecule has 6 heteroatoms. The van der Waals surface area contributed by atoms with Gasteiger partial charge in [0.2, 0.25) is 0 Å². The summed E-state index contributed by atoms with van der Waals surface area (Å²) in [6.07, 6.45) is 0.696. The Kier molecular flexibility index (Phi) is 6.34. The minimum Gasteiger partial charge on any atom is -0.329 e. The molecule has 1 atom stereocenters. The van der Waals surface area contributed by atoms with E-state index in [2.05, 4.69) is 18.6 Å². The van der Waals surface area contributed by atoms with Crippen LogP contribution in [0.25, 0.3) is 0 Å². The summed E-state index contributed by atoms with van der Waals surface area (Å²) in [4.78, 5) is 0. The third-order valence-corrected chi connectivity index (χ3v) is 5.04. The first kappa shape index (κ1) is 18.1.